The van der Waals surface area contributed by atoms with Gasteiger partial charge in [0.2, 0.25) is 0 Å². The highest BCUT2D eigenvalue weighted by Gasteiger charge is 2.19. The van der Waals surface area contributed by atoms with Gasteiger partial charge in [0.05, 0.1) is 17.6 Å². The molecular weight excluding hydrogens is 478 g/mol. The molecule has 0 saturated heterocycles. The van der Waals surface area contributed by atoms with Crippen molar-refractivity contribution < 1.29 is 4.79 Å². The topological polar surface area (TPSA) is 158 Å². The van der Waals surface area contributed by atoms with Crippen molar-refractivity contribution in [3.05, 3.63) is 95.1 Å². The van der Waals surface area contributed by atoms with Crippen molar-refractivity contribution in [3.63, 3.8) is 0 Å². The predicted molar refractivity (Wildman–Crippen MR) is 145 cm³/mol. The first-order valence-corrected chi connectivity index (χ1v) is 12.0. The van der Waals surface area contributed by atoms with Crippen LogP contribution in [-0.2, 0) is 6.54 Å². The second kappa shape index (κ2) is 10.4. The molecule has 1 amide bonds. The molecule has 0 aliphatic heterocycles. The summed E-state index contributed by atoms with van der Waals surface area (Å²) in [6.07, 6.45) is 3.10. The van der Waals surface area contributed by atoms with Crippen molar-refractivity contribution in [1.82, 2.24) is 30.5 Å². The molecular formula is C28H25N9O. The molecule has 0 spiro atoms. The average Bonchev–Trinajstić information content (AvgIpc) is 3.32. The molecule has 38 heavy (non-hydrogen) atoms. The predicted octanol–water partition coefficient (Wildman–Crippen LogP) is 4.28. The second-order valence-corrected chi connectivity index (χ2v) is 8.95. The second-order valence-electron chi connectivity index (χ2n) is 8.95. The number of fused-ring (bicyclic) bond motifs is 1. The number of rotatable bonds is 7. The summed E-state index contributed by atoms with van der Waals surface area (Å²) in [6, 6.07) is 19.5. The summed E-state index contributed by atoms with van der Waals surface area (Å²) >= 11 is 0. The Bertz CT molecular complexity index is 1650. The van der Waals surface area contributed by atoms with Crippen molar-refractivity contribution in [2.24, 2.45) is 0 Å². The summed E-state index contributed by atoms with van der Waals surface area (Å²) in [7, 11) is 0. The van der Waals surface area contributed by atoms with Crippen LogP contribution >= 0.6 is 0 Å². The van der Waals surface area contributed by atoms with Crippen LogP contribution in [0.4, 0.5) is 11.6 Å². The molecule has 10 heteroatoms. The standard InChI is InChI=1S/C28H25N9O/c1-16-3-7-19(8-4-16)17(2)34-28(38)24-27(33-15-22(12-29)35-24)31-13-18-5-9-20(10-6-18)21-11-23-25(30)36-37-26(23)32-14-21/h3-11,14-15,17H,13H2,1-2H3,(H,31,33)(H,34,38)(H3,30,32,36,37)/t17-/m0/s1. The van der Waals surface area contributed by atoms with Gasteiger partial charge in [0.15, 0.2) is 22.9 Å². The lowest BCUT2D eigenvalue weighted by Crippen LogP contribution is -2.29. The number of amides is 1. The number of nitrogens with one attached hydrogen (secondary N) is 3. The Morgan fingerprint density at radius 1 is 1.08 bits per heavy atom. The Labute approximate surface area is 219 Å². The van der Waals surface area contributed by atoms with E-state index in [4.69, 9.17) is 5.73 Å². The van der Waals surface area contributed by atoms with Gasteiger partial charge in [-0.3, -0.25) is 9.89 Å². The van der Waals surface area contributed by atoms with E-state index in [1.165, 1.54) is 6.20 Å². The maximum absolute atomic E-state index is 13.1. The number of aromatic nitrogens is 5. The van der Waals surface area contributed by atoms with Gasteiger partial charge in [-0.2, -0.15) is 10.4 Å². The number of benzene rings is 2. The zero-order valence-corrected chi connectivity index (χ0v) is 20.9. The van der Waals surface area contributed by atoms with Crippen molar-refractivity contribution in [2.45, 2.75) is 26.4 Å². The minimum atomic E-state index is -0.415. The molecule has 188 valence electrons. The molecule has 3 heterocycles. The number of carbonyl (C=O) groups excluding carboxylic acids is 1. The van der Waals surface area contributed by atoms with E-state index in [9.17, 15) is 10.1 Å². The Morgan fingerprint density at radius 2 is 1.84 bits per heavy atom. The van der Waals surface area contributed by atoms with Crippen LogP contribution in [0.25, 0.3) is 22.2 Å². The van der Waals surface area contributed by atoms with Crippen molar-refractivity contribution in [2.75, 3.05) is 11.1 Å². The Kier molecular flexibility index (Phi) is 6.65. The van der Waals surface area contributed by atoms with E-state index in [0.29, 0.717) is 23.8 Å². The summed E-state index contributed by atoms with van der Waals surface area (Å²) in [5.74, 6) is 0.362. The van der Waals surface area contributed by atoms with Crippen LogP contribution < -0.4 is 16.4 Å². The fraction of sp³-hybridized carbons (Fsp3) is 0.143. The van der Waals surface area contributed by atoms with Crippen LogP contribution in [0.1, 0.15) is 45.8 Å². The summed E-state index contributed by atoms with van der Waals surface area (Å²) in [4.78, 5) is 26.0. The maximum Gasteiger partial charge on any atom is 0.274 e. The van der Waals surface area contributed by atoms with Gasteiger partial charge in [0, 0.05) is 18.3 Å². The fourth-order valence-corrected chi connectivity index (χ4v) is 4.01. The van der Waals surface area contributed by atoms with Gasteiger partial charge in [0.1, 0.15) is 11.9 Å². The normalized spacial score (nSPS) is 11.6. The van der Waals surface area contributed by atoms with E-state index >= 15 is 0 Å². The lowest BCUT2D eigenvalue weighted by molar-refractivity contribution is 0.0935. The summed E-state index contributed by atoms with van der Waals surface area (Å²) in [6.45, 7) is 4.31. The van der Waals surface area contributed by atoms with Gasteiger partial charge in [-0.15, -0.1) is 0 Å². The molecule has 5 rings (SSSR count). The lowest BCUT2D eigenvalue weighted by atomic mass is 10.0. The molecule has 1 atom stereocenters. The number of H-pyrrole nitrogens is 1. The Balaban J connectivity index is 1.30. The zero-order valence-electron chi connectivity index (χ0n) is 20.9. The summed E-state index contributed by atoms with van der Waals surface area (Å²) in [5.41, 5.74) is 11.6. The molecule has 3 aromatic heterocycles. The largest absolute Gasteiger partial charge is 0.384 e. The van der Waals surface area contributed by atoms with Gasteiger partial charge in [0.25, 0.3) is 5.91 Å². The number of carbonyl (C=O) groups is 1. The molecule has 0 unspecified atom stereocenters. The van der Waals surface area contributed by atoms with Crippen LogP contribution in [0.5, 0.6) is 0 Å². The highest BCUT2D eigenvalue weighted by molar-refractivity contribution is 5.97. The molecule has 0 bridgehead atoms. The first kappa shape index (κ1) is 24.4. The van der Waals surface area contributed by atoms with Crippen molar-refractivity contribution in [1.29, 1.82) is 5.26 Å². The number of nitrogens with two attached hydrogens (primary N) is 1. The van der Waals surface area contributed by atoms with E-state index < -0.39 is 5.91 Å². The zero-order chi connectivity index (χ0) is 26.6. The number of hydrogen-bond donors (Lipinski definition) is 4. The fourth-order valence-electron chi connectivity index (χ4n) is 4.01. The number of anilines is 2. The van der Waals surface area contributed by atoms with Crippen molar-refractivity contribution in [3.8, 4) is 17.2 Å². The summed E-state index contributed by atoms with van der Waals surface area (Å²) < 4.78 is 0. The van der Waals surface area contributed by atoms with Gasteiger partial charge in [-0.25, -0.2) is 15.0 Å². The van der Waals surface area contributed by atoms with Gasteiger partial charge >= 0.3 is 0 Å². The molecule has 0 fully saturated rings. The van der Waals surface area contributed by atoms with Crippen LogP contribution in [0.3, 0.4) is 0 Å². The Hall–Kier alpha value is -5.30. The highest BCUT2D eigenvalue weighted by Crippen LogP contribution is 2.25. The van der Waals surface area contributed by atoms with E-state index in [1.807, 2.05) is 74.5 Å². The number of pyridine rings is 1. The maximum atomic E-state index is 13.1. The van der Waals surface area contributed by atoms with Crippen LogP contribution in [0.15, 0.2) is 67.0 Å². The number of aryl methyl sites for hydroxylation is 1. The monoisotopic (exact) mass is 503 g/mol. The Morgan fingerprint density at radius 3 is 2.58 bits per heavy atom. The van der Waals surface area contributed by atoms with Crippen LogP contribution in [-0.4, -0.2) is 31.1 Å². The SMILES string of the molecule is Cc1ccc([C@H](C)NC(=O)c2nc(C#N)cnc2NCc2ccc(-c3cnc4n[nH]c(N)c4c3)cc2)cc1. The third kappa shape index (κ3) is 5.12. The van der Waals surface area contributed by atoms with E-state index in [1.54, 1.807) is 6.20 Å². The minimum absolute atomic E-state index is 0.0664. The van der Waals surface area contributed by atoms with Crippen LogP contribution in [0, 0.1) is 18.3 Å². The number of nitriles is 1. The van der Waals surface area contributed by atoms with Gasteiger partial charge < -0.3 is 16.4 Å². The average molecular weight is 504 g/mol. The first-order valence-electron chi connectivity index (χ1n) is 12.0. The van der Waals surface area contributed by atoms with Gasteiger partial charge in [-0.05, 0) is 36.6 Å². The lowest BCUT2D eigenvalue weighted by Gasteiger charge is -2.16. The van der Waals surface area contributed by atoms with Crippen LogP contribution in [0.2, 0.25) is 0 Å². The molecule has 0 aliphatic carbocycles. The smallest absolute Gasteiger partial charge is 0.274 e. The highest BCUT2D eigenvalue weighted by atomic mass is 16.2. The van der Waals surface area contributed by atoms with E-state index in [-0.39, 0.29) is 17.4 Å². The molecule has 2 aromatic carbocycles. The van der Waals surface area contributed by atoms with Gasteiger partial charge in [-0.1, -0.05) is 54.1 Å². The molecule has 5 N–H and O–H groups in total. The number of nitrogen functional groups attached to an aromatic ring is 1. The number of nitrogens with zero attached hydrogens (tertiary/aromatic N) is 5. The third-order valence-electron chi connectivity index (χ3n) is 6.21. The third-order valence-corrected chi connectivity index (χ3v) is 6.21. The molecule has 10 nitrogen and oxygen atoms in total. The van der Waals surface area contributed by atoms with E-state index in [0.717, 1.165) is 33.2 Å². The van der Waals surface area contributed by atoms with Crippen molar-refractivity contribution >= 4 is 28.6 Å². The molecule has 5 aromatic rings. The minimum Gasteiger partial charge on any atom is -0.384 e. The molecule has 0 radical (unpaired) electrons. The quantitative estimate of drug-likeness (QED) is 0.256. The first-order chi connectivity index (χ1) is 18.4. The molecule has 0 saturated carbocycles. The summed E-state index contributed by atoms with van der Waals surface area (Å²) in [5, 5.41) is 23.0. The number of aromatic amines is 1. The molecule has 0 aliphatic rings. The van der Waals surface area contributed by atoms with E-state index in [2.05, 4.69) is 35.8 Å². The number of hydrogen-bond acceptors (Lipinski definition) is 8.